The first-order valence-corrected chi connectivity index (χ1v) is 43.8. The number of hydrogen-bond donors (Lipinski definition) is 6. The molecule has 3 fully saturated rings. The van der Waals surface area contributed by atoms with E-state index in [4.69, 9.17) is 5.73 Å². The number of imidazole rings is 6. The molecule has 0 amide bonds. The molecule has 30 heteroatoms. The van der Waals surface area contributed by atoms with E-state index in [1.54, 1.807) is 48.5 Å². The molecular weight excluding hydrogens is 1670 g/mol. The van der Waals surface area contributed by atoms with Gasteiger partial charge in [0.2, 0.25) is 40.6 Å². The van der Waals surface area contributed by atoms with Crippen LogP contribution in [0.5, 0.6) is 0 Å². The largest absolute Gasteiger partial charge is 0.399 e. The molecule has 21 rings (SSSR count). The highest BCUT2D eigenvalue weighted by Gasteiger charge is 2.45. The molecule has 6 aromatic heterocycles. The Morgan fingerprint density at radius 1 is 0.351 bits per heavy atom. The van der Waals surface area contributed by atoms with E-state index in [1.807, 2.05) is 145 Å². The summed E-state index contributed by atoms with van der Waals surface area (Å²) in [7, 11) is 3.79. The predicted octanol–water partition coefficient (Wildman–Crippen LogP) is 17.1. The molecule has 6 aromatic carbocycles. The first-order chi connectivity index (χ1) is 62.2. The number of halogens is 1. The van der Waals surface area contributed by atoms with Crippen molar-refractivity contribution in [3.8, 4) is 67.5 Å². The van der Waals surface area contributed by atoms with Gasteiger partial charge in [-0.1, -0.05) is 125 Å². The lowest BCUT2D eigenvalue weighted by molar-refractivity contribution is -0.120. The summed E-state index contributed by atoms with van der Waals surface area (Å²) in [5, 5.41) is 0. The van der Waals surface area contributed by atoms with Crippen LogP contribution in [0, 0.1) is 30.5 Å². The van der Waals surface area contributed by atoms with E-state index in [-0.39, 0.29) is 111 Å². The highest BCUT2D eigenvalue weighted by molar-refractivity contribution is 6.56. The van der Waals surface area contributed by atoms with Gasteiger partial charge in [0.1, 0.15) is 121 Å². The van der Waals surface area contributed by atoms with E-state index in [2.05, 4.69) is 54.8 Å². The van der Waals surface area contributed by atoms with Crippen molar-refractivity contribution >= 4 is 98.2 Å². The van der Waals surface area contributed by atoms with Gasteiger partial charge in [0.25, 0.3) is 34.7 Å². The highest BCUT2D eigenvalue weighted by atomic mass is 19.1. The number of carbonyl (C=O) groups excluding carboxylic acids is 15. The lowest BCUT2D eigenvalue weighted by atomic mass is 9.88. The molecule has 3 saturated carbocycles. The fourth-order valence-electron chi connectivity index (χ4n) is 16.3. The molecule has 29 nitrogen and oxygen atoms in total. The molecule has 131 heavy (non-hydrogen) atoms. The van der Waals surface area contributed by atoms with Gasteiger partial charge >= 0.3 is 0 Å². The maximum atomic E-state index is 13.2. The molecule has 0 saturated heterocycles. The molecule has 12 aromatic rings. The minimum atomic E-state index is -0.694. The summed E-state index contributed by atoms with van der Waals surface area (Å²) in [6.07, 6.45) is 6.03. The minimum absolute atomic E-state index is 0.0647. The standard InChI is InChI=1S/C23H22N2O4.C19H18N2O3.C16H17N3O2.C15H14N2O2.C14H11FN2O2.C14H13N3O2/c1-11(2)22-24-18-15-8-3-12(10-17(26)13-4-5-13)9-16(15)20(27)21(28)19(18)25(22)23(29)14-6-7-14;1-9(2)19-20-15-12-6-3-10(8-14(22)11-4-5-11)7-13(12)17(23)18(24)16(15)21-19;1-8(2)16-17-12-10-6-5-9(19(3)4)7-11(10)14(20)15(21)13(12)18-16;1-7(2)15-16-11-9-5-4-8(3)6-10(9)13(18)14(19)12(11)17-15;2*1-6(2)14-16-10-8-4-3-7(15)5-9(8)12(18)13(19)11(10)17-14/h3,8-9,11,13-14H,4-7,10H2,1-2H3;3,6-7,9,11H,4-5,8H2,1-2H3,(H,20,21);5-8H,1-4H3,(H,17,18);4-7H,1-3H3,(H,16,17);3-6H,1-2H3,(H,16,17);3-6H,15H2,1-2H3,(H,16,17). The summed E-state index contributed by atoms with van der Waals surface area (Å²) in [6.45, 7) is 25.5. The van der Waals surface area contributed by atoms with E-state index >= 15 is 0 Å². The molecule has 666 valence electrons. The summed E-state index contributed by atoms with van der Waals surface area (Å²) in [4.78, 5) is 228. The van der Waals surface area contributed by atoms with Crippen molar-refractivity contribution in [2.24, 2.45) is 17.8 Å². The van der Waals surface area contributed by atoms with Gasteiger partial charge in [-0.05, 0) is 129 Å². The second kappa shape index (κ2) is 34.6. The average molecular weight is 1760 g/mol. The topological polar surface area (TPSA) is 447 Å². The van der Waals surface area contributed by atoms with Crippen LogP contribution in [0.15, 0.2) is 109 Å². The van der Waals surface area contributed by atoms with Crippen molar-refractivity contribution < 1.29 is 76.3 Å². The maximum Gasteiger partial charge on any atom is 0.252 e. The molecule has 0 spiro atoms. The number of nitrogens with one attached hydrogen (secondary N) is 5. The van der Waals surface area contributed by atoms with Crippen LogP contribution < -0.4 is 10.6 Å². The number of aromatic amines is 5. The minimum Gasteiger partial charge on any atom is -0.399 e. The van der Waals surface area contributed by atoms with E-state index < -0.39 is 75.2 Å². The molecule has 7 N–H and O–H groups in total. The number of anilines is 2. The van der Waals surface area contributed by atoms with Gasteiger partial charge in [0, 0.05) is 158 Å². The summed E-state index contributed by atoms with van der Waals surface area (Å²) in [5.74, 6) is -2.09. The number of aryl methyl sites for hydroxylation is 1. The quantitative estimate of drug-likeness (QED) is 0.0435. The summed E-state index contributed by atoms with van der Waals surface area (Å²) >= 11 is 0. The zero-order valence-electron chi connectivity index (χ0n) is 74.9. The zero-order valence-corrected chi connectivity index (χ0v) is 74.9. The van der Waals surface area contributed by atoms with Crippen LogP contribution in [0.4, 0.5) is 15.8 Å². The first kappa shape index (κ1) is 89.5. The van der Waals surface area contributed by atoms with Crippen molar-refractivity contribution in [2.75, 3.05) is 24.7 Å². The number of nitrogens with two attached hydrogens (primary N) is 1. The lowest BCUT2D eigenvalue weighted by Crippen LogP contribution is -2.28. The van der Waals surface area contributed by atoms with Gasteiger partial charge in [-0.2, -0.15) is 0 Å². The molecule has 6 heterocycles. The second-order valence-electron chi connectivity index (χ2n) is 36.5. The Kier molecular flexibility index (Phi) is 23.7. The SMILES string of the molecule is CC(C)c1nc2c([nH]1)C(=O)C(=O)c1cc(CC(=O)C3CC3)ccc1-2.CC(C)c1nc2c([nH]1)C(=O)C(=O)c1cc(F)ccc1-2.CC(C)c1nc2c([nH]1)C(=O)C(=O)c1cc(N(C)C)ccc1-2.CC(C)c1nc2c([nH]1)C(=O)C(=O)c1cc(N)ccc1-2.CC(C)c1nc2c(n1C(=O)C1CC1)C(=O)C(=O)c1cc(CC(=O)C3CC3)ccc1-2.Cc1ccc2c(c1)C(=O)C(=O)c1[nH]c(C(C)C)nc1-2. The number of aromatic nitrogens is 12. The molecule has 0 radical (unpaired) electrons. The monoisotopic (exact) mass is 1760 g/mol. The number of carbonyl (C=O) groups is 15. The third kappa shape index (κ3) is 16.8. The number of H-pyrrole nitrogens is 5. The normalized spacial score (nSPS) is 15.1. The van der Waals surface area contributed by atoms with Gasteiger partial charge in [0.05, 0.1) is 0 Å². The Bertz CT molecular complexity index is 6720. The van der Waals surface area contributed by atoms with Gasteiger partial charge in [-0.3, -0.25) is 76.5 Å². The maximum absolute atomic E-state index is 13.2. The number of benzene rings is 6. The van der Waals surface area contributed by atoms with Crippen molar-refractivity contribution in [1.82, 2.24) is 59.4 Å². The molecular formula is C101H95FN14O15. The Morgan fingerprint density at radius 3 is 1.01 bits per heavy atom. The number of hydrogen-bond acceptors (Lipinski definition) is 23. The first-order valence-electron chi connectivity index (χ1n) is 43.8. The Morgan fingerprint density at radius 2 is 0.656 bits per heavy atom. The van der Waals surface area contributed by atoms with Gasteiger partial charge < -0.3 is 35.6 Å². The van der Waals surface area contributed by atoms with Crippen molar-refractivity contribution in [3.05, 3.63) is 234 Å². The van der Waals surface area contributed by atoms with E-state index in [0.717, 1.165) is 89.7 Å². The molecule has 0 unspecified atom stereocenters. The van der Waals surface area contributed by atoms with Crippen LogP contribution in [-0.2, 0) is 22.4 Å². The number of nitrogen functional groups attached to an aromatic ring is 1. The van der Waals surface area contributed by atoms with E-state index in [1.165, 1.54) is 22.8 Å². The Balaban J connectivity index is 0.000000116. The molecule has 0 bridgehead atoms. The van der Waals surface area contributed by atoms with Crippen LogP contribution in [-0.4, -0.2) is 160 Å². The predicted molar refractivity (Wildman–Crippen MR) is 484 cm³/mol. The summed E-state index contributed by atoms with van der Waals surface area (Å²) in [5.41, 5.74) is 19.9. The van der Waals surface area contributed by atoms with Crippen LogP contribution in [0.1, 0.15) is 339 Å². The van der Waals surface area contributed by atoms with Crippen molar-refractivity contribution in [3.63, 3.8) is 0 Å². The number of nitrogens with zero attached hydrogens (tertiary/aromatic N) is 8. The van der Waals surface area contributed by atoms with Crippen LogP contribution in [0.25, 0.3) is 67.5 Å². The number of Topliss-reactive ketones (excluding diaryl/α,β-unsaturated/α-hetero) is 14. The summed E-state index contributed by atoms with van der Waals surface area (Å²) in [6, 6.07) is 30.5. The third-order valence-electron chi connectivity index (χ3n) is 24.2. The van der Waals surface area contributed by atoms with Crippen molar-refractivity contribution in [2.45, 2.75) is 177 Å². The van der Waals surface area contributed by atoms with Gasteiger partial charge in [0.15, 0.2) is 0 Å². The highest BCUT2D eigenvalue weighted by Crippen LogP contribution is 2.44. The zero-order chi connectivity index (χ0) is 94.0. The molecule has 0 aliphatic heterocycles. The number of rotatable bonds is 14. The molecule has 9 aliphatic rings. The third-order valence-corrected chi connectivity index (χ3v) is 24.2. The van der Waals surface area contributed by atoms with E-state index in [9.17, 15) is 76.3 Å². The molecule has 0 atom stereocenters. The van der Waals surface area contributed by atoms with Crippen LogP contribution in [0.3, 0.4) is 0 Å². The van der Waals surface area contributed by atoms with Crippen LogP contribution in [0.2, 0.25) is 0 Å². The summed E-state index contributed by atoms with van der Waals surface area (Å²) < 4.78 is 14.6. The fraction of sp³-hybridized carbons (Fsp3) is 0.317. The van der Waals surface area contributed by atoms with E-state index in [0.29, 0.717) is 125 Å². The number of fused-ring (bicyclic) bond motifs is 18. The second-order valence-corrected chi connectivity index (χ2v) is 36.5. The smallest absolute Gasteiger partial charge is 0.252 e. The average Bonchev–Trinajstić information content (AvgIpc) is 1.58. The van der Waals surface area contributed by atoms with Crippen molar-refractivity contribution in [1.29, 1.82) is 0 Å². The number of ketones is 14. The molecule has 9 aliphatic carbocycles. The van der Waals surface area contributed by atoms with Gasteiger partial charge in [-0.15, -0.1) is 0 Å². The fourth-order valence-corrected chi connectivity index (χ4v) is 16.3. The van der Waals surface area contributed by atoms with Gasteiger partial charge in [-0.25, -0.2) is 34.3 Å². The Hall–Kier alpha value is -14.8. The lowest BCUT2D eigenvalue weighted by Gasteiger charge is -2.18. The Labute approximate surface area is 751 Å². The van der Waals surface area contributed by atoms with Crippen LogP contribution >= 0.6 is 0 Å².